The van der Waals surface area contributed by atoms with E-state index in [0.717, 1.165) is 29.4 Å². The van der Waals surface area contributed by atoms with Gasteiger partial charge in [0.25, 0.3) is 0 Å². The van der Waals surface area contributed by atoms with E-state index in [0.29, 0.717) is 5.92 Å². The van der Waals surface area contributed by atoms with Crippen molar-refractivity contribution >= 4 is 0 Å². The first kappa shape index (κ1) is 21.6. The normalized spacial score (nSPS) is 19.8. The zero-order valence-electron chi connectivity index (χ0n) is 18.4. The van der Waals surface area contributed by atoms with Crippen LogP contribution >= 0.6 is 0 Å². The van der Waals surface area contributed by atoms with Gasteiger partial charge in [-0.2, -0.15) is 0 Å². The van der Waals surface area contributed by atoms with Crippen molar-refractivity contribution in [3.05, 3.63) is 89.7 Å². The fraction of sp³-hybridized carbons (Fsp3) is 0.379. The van der Waals surface area contributed by atoms with E-state index in [1.807, 2.05) is 0 Å². The molecule has 0 heterocycles. The molecule has 1 aliphatic carbocycles. The average molecular weight is 417 g/mol. The Morgan fingerprint density at radius 3 is 2.16 bits per heavy atom. The molecule has 0 radical (unpaired) electrons. The number of aryl methyl sites for hydroxylation is 1. The van der Waals surface area contributed by atoms with Crippen molar-refractivity contribution in [1.29, 1.82) is 0 Å². The smallest absolute Gasteiger partial charge is 0.165 e. The molecule has 0 spiro atoms. The van der Waals surface area contributed by atoms with Crippen molar-refractivity contribution in [2.45, 2.75) is 57.8 Å². The Morgan fingerprint density at radius 2 is 1.48 bits per heavy atom. The quantitative estimate of drug-likeness (QED) is 0.412. The molecule has 31 heavy (non-hydrogen) atoms. The number of halogens is 1. The summed E-state index contributed by atoms with van der Waals surface area (Å²) < 4.78 is 13.6. The summed E-state index contributed by atoms with van der Waals surface area (Å²) in [6.07, 6.45) is 9.14. The molecule has 4 rings (SSSR count). The van der Waals surface area contributed by atoms with Gasteiger partial charge in [0, 0.05) is 0 Å². The molecule has 1 aliphatic rings. The number of hydrogen-bond donors (Lipinski definition) is 1. The van der Waals surface area contributed by atoms with Crippen LogP contribution in [0.4, 0.5) is 4.39 Å². The average Bonchev–Trinajstić information content (AvgIpc) is 2.81. The van der Waals surface area contributed by atoms with Gasteiger partial charge in [0.2, 0.25) is 0 Å². The van der Waals surface area contributed by atoms with Crippen LogP contribution < -0.4 is 0 Å². The zero-order valence-corrected chi connectivity index (χ0v) is 18.4. The Kier molecular flexibility index (Phi) is 7.06. The van der Waals surface area contributed by atoms with Gasteiger partial charge in [-0.3, -0.25) is 0 Å². The van der Waals surface area contributed by atoms with Crippen molar-refractivity contribution in [1.82, 2.24) is 0 Å². The maximum absolute atomic E-state index is 13.6. The molecule has 3 aromatic rings. The molecule has 0 saturated heterocycles. The van der Waals surface area contributed by atoms with Crippen molar-refractivity contribution < 1.29 is 9.50 Å². The van der Waals surface area contributed by atoms with Gasteiger partial charge in [-0.05, 0) is 71.4 Å². The van der Waals surface area contributed by atoms with E-state index in [4.69, 9.17) is 0 Å². The predicted molar refractivity (Wildman–Crippen MR) is 127 cm³/mol. The Morgan fingerprint density at radius 1 is 0.839 bits per heavy atom. The molecule has 0 aromatic heterocycles. The SMILES string of the molecule is C[C@@H](CC1CCC(CCc2ccc(-c3ccc(O)c(F)c3)cc2)CC1)c1ccccc1. The highest BCUT2D eigenvalue weighted by Gasteiger charge is 2.23. The predicted octanol–water partition coefficient (Wildman–Crippen LogP) is 8.13. The molecule has 0 bridgehead atoms. The summed E-state index contributed by atoms with van der Waals surface area (Å²) in [6, 6.07) is 23.9. The summed E-state index contributed by atoms with van der Waals surface area (Å²) in [5, 5.41) is 9.36. The second-order valence-corrected chi connectivity index (χ2v) is 9.34. The van der Waals surface area contributed by atoms with Crippen LogP contribution in [0.1, 0.15) is 62.5 Å². The molecule has 162 valence electrons. The molecule has 0 unspecified atom stereocenters. The van der Waals surface area contributed by atoms with Crippen LogP contribution in [0.15, 0.2) is 72.8 Å². The van der Waals surface area contributed by atoms with Crippen LogP contribution in [-0.4, -0.2) is 5.11 Å². The summed E-state index contributed by atoms with van der Waals surface area (Å²) >= 11 is 0. The van der Waals surface area contributed by atoms with Gasteiger partial charge in [-0.25, -0.2) is 4.39 Å². The Balaban J connectivity index is 1.23. The van der Waals surface area contributed by atoms with Crippen LogP contribution in [0.5, 0.6) is 5.75 Å². The Hall–Kier alpha value is -2.61. The van der Waals surface area contributed by atoms with E-state index in [-0.39, 0.29) is 5.75 Å². The molecule has 1 saturated carbocycles. The number of hydrogen-bond acceptors (Lipinski definition) is 1. The van der Waals surface area contributed by atoms with Gasteiger partial charge in [0.1, 0.15) is 0 Å². The first-order chi connectivity index (χ1) is 15.1. The molecule has 1 N–H and O–H groups in total. The van der Waals surface area contributed by atoms with Crippen LogP contribution in [0, 0.1) is 17.7 Å². The first-order valence-corrected chi connectivity index (χ1v) is 11.7. The highest BCUT2D eigenvalue weighted by atomic mass is 19.1. The van der Waals surface area contributed by atoms with Crippen LogP contribution in [0.3, 0.4) is 0 Å². The molecule has 1 fully saturated rings. The third-order valence-electron chi connectivity index (χ3n) is 7.10. The maximum Gasteiger partial charge on any atom is 0.165 e. The third kappa shape index (κ3) is 5.76. The summed E-state index contributed by atoms with van der Waals surface area (Å²) in [4.78, 5) is 0. The molecule has 0 aliphatic heterocycles. The number of benzene rings is 3. The lowest BCUT2D eigenvalue weighted by atomic mass is 9.75. The molecule has 1 nitrogen and oxygen atoms in total. The monoisotopic (exact) mass is 416 g/mol. The summed E-state index contributed by atoms with van der Waals surface area (Å²) in [5.74, 6) is 1.49. The largest absolute Gasteiger partial charge is 0.505 e. The Bertz CT molecular complexity index is 956. The van der Waals surface area contributed by atoms with E-state index in [2.05, 4.69) is 61.5 Å². The fourth-order valence-corrected chi connectivity index (χ4v) is 5.09. The zero-order chi connectivity index (χ0) is 21.6. The molecule has 1 atom stereocenters. The summed E-state index contributed by atoms with van der Waals surface area (Å²) in [6.45, 7) is 2.37. The van der Waals surface area contributed by atoms with Crippen LogP contribution in [-0.2, 0) is 6.42 Å². The van der Waals surface area contributed by atoms with E-state index in [1.165, 1.54) is 61.8 Å². The third-order valence-corrected chi connectivity index (χ3v) is 7.10. The van der Waals surface area contributed by atoms with E-state index in [9.17, 15) is 9.50 Å². The van der Waals surface area contributed by atoms with Crippen molar-refractivity contribution in [2.24, 2.45) is 11.8 Å². The van der Waals surface area contributed by atoms with Gasteiger partial charge in [-0.1, -0.05) is 93.3 Å². The van der Waals surface area contributed by atoms with Gasteiger partial charge in [0.05, 0.1) is 0 Å². The molecular formula is C29H33FO. The van der Waals surface area contributed by atoms with Gasteiger partial charge in [0.15, 0.2) is 11.6 Å². The topological polar surface area (TPSA) is 20.2 Å². The second-order valence-electron chi connectivity index (χ2n) is 9.34. The van der Waals surface area contributed by atoms with Gasteiger partial charge >= 0.3 is 0 Å². The lowest BCUT2D eigenvalue weighted by Crippen LogP contribution is -2.16. The second kappa shape index (κ2) is 10.1. The maximum atomic E-state index is 13.6. The minimum atomic E-state index is -0.574. The van der Waals surface area contributed by atoms with Crippen LogP contribution in [0.25, 0.3) is 11.1 Å². The lowest BCUT2D eigenvalue weighted by Gasteiger charge is -2.30. The number of phenolic OH excluding ortho intramolecular Hbond substituents is 1. The molecule has 3 aromatic carbocycles. The standard InChI is InChI=1S/C29H33FO/c1-21(25-5-3-2-4-6-25)19-24-11-9-22(10-12-24)7-8-23-13-15-26(16-14-23)27-17-18-29(31)28(30)20-27/h2-6,13-18,20-22,24,31H,7-12,19H2,1H3/t21-,22?,24?/m0/s1. The molecule has 2 heteroatoms. The Labute approximate surface area is 186 Å². The van der Waals surface area contributed by atoms with Gasteiger partial charge < -0.3 is 5.11 Å². The van der Waals surface area contributed by atoms with Crippen molar-refractivity contribution in [3.63, 3.8) is 0 Å². The lowest BCUT2D eigenvalue weighted by molar-refractivity contribution is 0.245. The molecular weight excluding hydrogens is 383 g/mol. The fourth-order valence-electron chi connectivity index (χ4n) is 5.09. The number of aromatic hydroxyl groups is 1. The van der Waals surface area contributed by atoms with Crippen molar-refractivity contribution in [2.75, 3.05) is 0 Å². The number of rotatable bonds is 7. The highest BCUT2D eigenvalue weighted by molar-refractivity contribution is 5.64. The van der Waals surface area contributed by atoms with E-state index in [1.54, 1.807) is 6.07 Å². The van der Waals surface area contributed by atoms with Crippen LogP contribution in [0.2, 0.25) is 0 Å². The molecule has 0 amide bonds. The minimum absolute atomic E-state index is 0.301. The highest BCUT2D eigenvalue weighted by Crippen LogP contribution is 2.37. The van der Waals surface area contributed by atoms with E-state index >= 15 is 0 Å². The van der Waals surface area contributed by atoms with Gasteiger partial charge in [-0.15, -0.1) is 0 Å². The minimum Gasteiger partial charge on any atom is -0.505 e. The summed E-state index contributed by atoms with van der Waals surface area (Å²) in [7, 11) is 0. The summed E-state index contributed by atoms with van der Waals surface area (Å²) in [5.41, 5.74) is 4.60. The van der Waals surface area contributed by atoms with E-state index < -0.39 is 5.82 Å². The number of phenols is 1. The van der Waals surface area contributed by atoms with Crippen molar-refractivity contribution in [3.8, 4) is 16.9 Å². The first-order valence-electron chi connectivity index (χ1n) is 11.7.